The molecule has 0 aromatic heterocycles. The van der Waals surface area contributed by atoms with Crippen molar-refractivity contribution >= 4 is 23.4 Å². The highest BCUT2D eigenvalue weighted by molar-refractivity contribution is 6.31. The summed E-state index contributed by atoms with van der Waals surface area (Å²) in [6.07, 6.45) is 5.22. The molecule has 0 spiro atoms. The first-order valence-electron chi connectivity index (χ1n) is 11.9. The summed E-state index contributed by atoms with van der Waals surface area (Å²) in [5.74, 6) is 0.291. The Morgan fingerprint density at radius 2 is 2.03 bits per heavy atom. The Bertz CT molecular complexity index is 1090. The summed E-state index contributed by atoms with van der Waals surface area (Å²) in [6.45, 7) is 0.755. The predicted molar refractivity (Wildman–Crippen MR) is 125 cm³/mol. The van der Waals surface area contributed by atoms with Gasteiger partial charge in [0.05, 0.1) is 6.61 Å². The van der Waals surface area contributed by atoms with Crippen LogP contribution in [0, 0.1) is 11.7 Å². The highest BCUT2D eigenvalue weighted by Crippen LogP contribution is 2.40. The molecule has 2 fully saturated rings. The fourth-order valence-corrected chi connectivity index (χ4v) is 5.83. The maximum atomic E-state index is 14.0. The highest BCUT2D eigenvalue weighted by atomic mass is 35.5. The lowest BCUT2D eigenvalue weighted by Crippen LogP contribution is -2.49. The second-order valence-corrected chi connectivity index (χ2v) is 9.73. The van der Waals surface area contributed by atoms with Crippen LogP contribution < -0.4 is 10.1 Å². The molecule has 180 valence electrons. The summed E-state index contributed by atoms with van der Waals surface area (Å²) in [7, 11) is 0. The summed E-state index contributed by atoms with van der Waals surface area (Å²) in [5, 5.41) is 3.49. The lowest BCUT2D eigenvalue weighted by Gasteiger charge is -2.33. The van der Waals surface area contributed by atoms with Crippen LogP contribution in [-0.2, 0) is 22.6 Å². The Morgan fingerprint density at radius 1 is 1.18 bits per heavy atom. The number of fused-ring (bicyclic) bond motifs is 2. The number of carbonyl (C=O) groups excluding carboxylic acids is 2. The number of carbonyl (C=O) groups is 2. The van der Waals surface area contributed by atoms with E-state index in [1.807, 2.05) is 0 Å². The summed E-state index contributed by atoms with van der Waals surface area (Å²) in [5.41, 5.74) is 1.87. The third kappa shape index (κ3) is 4.64. The second-order valence-electron chi connectivity index (χ2n) is 9.29. The molecule has 3 unspecified atom stereocenters. The zero-order valence-electron chi connectivity index (χ0n) is 18.9. The first kappa shape index (κ1) is 23.1. The molecule has 34 heavy (non-hydrogen) atoms. The Morgan fingerprint density at radius 3 is 2.88 bits per heavy atom. The van der Waals surface area contributed by atoms with E-state index in [4.69, 9.17) is 21.1 Å². The molecule has 2 heterocycles. The number of amides is 2. The van der Waals surface area contributed by atoms with Crippen molar-refractivity contribution in [2.75, 3.05) is 13.3 Å². The monoisotopic (exact) mass is 486 g/mol. The Labute approximate surface area is 203 Å². The van der Waals surface area contributed by atoms with Crippen molar-refractivity contribution in [2.24, 2.45) is 5.92 Å². The van der Waals surface area contributed by atoms with Crippen molar-refractivity contribution in [1.82, 2.24) is 10.2 Å². The van der Waals surface area contributed by atoms with Gasteiger partial charge in [-0.05, 0) is 67.5 Å². The summed E-state index contributed by atoms with van der Waals surface area (Å²) >= 11 is 6.13. The maximum absolute atomic E-state index is 14.0. The molecular weight excluding hydrogens is 459 g/mol. The van der Waals surface area contributed by atoms with Gasteiger partial charge in [0.1, 0.15) is 17.6 Å². The van der Waals surface area contributed by atoms with Crippen molar-refractivity contribution in [2.45, 2.75) is 57.2 Å². The average Bonchev–Trinajstić information content (AvgIpc) is 3.23. The highest BCUT2D eigenvalue weighted by Gasteiger charge is 2.47. The zero-order chi connectivity index (χ0) is 23.7. The van der Waals surface area contributed by atoms with Gasteiger partial charge in [-0.25, -0.2) is 4.39 Å². The van der Waals surface area contributed by atoms with Gasteiger partial charge in [0, 0.05) is 28.7 Å². The fourth-order valence-electron chi connectivity index (χ4n) is 5.64. The van der Waals surface area contributed by atoms with Crippen molar-refractivity contribution in [3.63, 3.8) is 0 Å². The summed E-state index contributed by atoms with van der Waals surface area (Å²) < 4.78 is 24.8. The SMILES string of the molecule is O=C(NCCc1cc(F)cc2c1OCOC2)C1CC2CCCCC2N1C(=O)c1cccc(Cl)c1. The zero-order valence-corrected chi connectivity index (χ0v) is 19.7. The molecule has 2 amide bonds. The molecule has 0 bridgehead atoms. The molecule has 1 saturated heterocycles. The van der Waals surface area contributed by atoms with Crippen LogP contribution in [0.3, 0.4) is 0 Å². The predicted octanol–water partition coefficient (Wildman–Crippen LogP) is 4.48. The summed E-state index contributed by atoms with van der Waals surface area (Å²) in [6, 6.07) is 9.29. The van der Waals surface area contributed by atoms with E-state index in [2.05, 4.69) is 5.32 Å². The molecule has 5 rings (SSSR count). The van der Waals surface area contributed by atoms with Crippen LogP contribution in [0.1, 0.15) is 53.6 Å². The van der Waals surface area contributed by atoms with Gasteiger partial charge in [0.15, 0.2) is 6.79 Å². The Balaban J connectivity index is 1.30. The first-order chi connectivity index (χ1) is 16.5. The molecule has 3 atom stereocenters. The Hall–Kier alpha value is -2.64. The Kier molecular flexibility index (Phi) is 6.75. The lowest BCUT2D eigenvalue weighted by molar-refractivity contribution is -0.125. The van der Waals surface area contributed by atoms with Crippen molar-refractivity contribution in [3.8, 4) is 5.75 Å². The fraction of sp³-hybridized carbons (Fsp3) is 0.462. The third-order valence-electron chi connectivity index (χ3n) is 7.14. The second kappa shape index (κ2) is 9.92. The minimum Gasteiger partial charge on any atom is -0.467 e. The normalized spacial score (nSPS) is 23.6. The van der Waals surface area contributed by atoms with Gasteiger partial charge in [-0.1, -0.05) is 30.5 Å². The number of hydrogen-bond acceptors (Lipinski definition) is 4. The van der Waals surface area contributed by atoms with Gasteiger partial charge >= 0.3 is 0 Å². The van der Waals surface area contributed by atoms with E-state index < -0.39 is 6.04 Å². The minimum absolute atomic E-state index is 0.0691. The van der Waals surface area contributed by atoms with E-state index in [9.17, 15) is 14.0 Å². The topological polar surface area (TPSA) is 67.9 Å². The van der Waals surface area contributed by atoms with Crippen molar-refractivity contribution < 1.29 is 23.5 Å². The third-order valence-corrected chi connectivity index (χ3v) is 7.38. The number of halogens is 2. The number of hydrogen-bond donors (Lipinski definition) is 1. The molecule has 2 aliphatic heterocycles. The molecule has 0 radical (unpaired) electrons. The van der Waals surface area contributed by atoms with Crippen LogP contribution in [0.2, 0.25) is 5.02 Å². The van der Waals surface area contributed by atoms with Gasteiger partial charge in [-0.15, -0.1) is 0 Å². The van der Waals surface area contributed by atoms with E-state index >= 15 is 0 Å². The van der Waals surface area contributed by atoms with Crippen LogP contribution in [0.4, 0.5) is 4.39 Å². The van der Waals surface area contributed by atoms with Gasteiger partial charge in [0.2, 0.25) is 5.91 Å². The molecular formula is C26H28ClFN2O4. The van der Waals surface area contributed by atoms with Crippen LogP contribution in [0.25, 0.3) is 0 Å². The quantitative estimate of drug-likeness (QED) is 0.676. The largest absolute Gasteiger partial charge is 0.467 e. The van der Waals surface area contributed by atoms with E-state index in [0.29, 0.717) is 59.4 Å². The first-order valence-corrected chi connectivity index (χ1v) is 12.3. The molecule has 6 nitrogen and oxygen atoms in total. The maximum Gasteiger partial charge on any atom is 0.254 e. The number of likely N-dealkylation sites (tertiary alicyclic amines) is 1. The smallest absolute Gasteiger partial charge is 0.254 e. The number of rotatable bonds is 5. The minimum atomic E-state index is -0.523. The van der Waals surface area contributed by atoms with Crippen molar-refractivity contribution in [1.29, 1.82) is 0 Å². The van der Waals surface area contributed by atoms with Crippen molar-refractivity contribution in [3.05, 3.63) is 63.9 Å². The van der Waals surface area contributed by atoms with Crippen LogP contribution in [0.5, 0.6) is 5.75 Å². The van der Waals surface area contributed by atoms with Crippen LogP contribution in [0.15, 0.2) is 36.4 Å². The van der Waals surface area contributed by atoms with E-state index in [1.54, 1.807) is 29.2 Å². The average molecular weight is 487 g/mol. The van der Waals surface area contributed by atoms with E-state index in [-0.39, 0.29) is 30.5 Å². The van der Waals surface area contributed by atoms with Gasteiger partial charge in [-0.2, -0.15) is 0 Å². The van der Waals surface area contributed by atoms with E-state index in [0.717, 1.165) is 25.7 Å². The number of benzene rings is 2. The molecule has 1 saturated carbocycles. The molecule has 8 heteroatoms. The molecule has 1 N–H and O–H groups in total. The number of nitrogens with zero attached hydrogens (tertiary/aromatic N) is 1. The van der Waals surface area contributed by atoms with Gasteiger partial charge < -0.3 is 19.7 Å². The van der Waals surface area contributed by atoms with Gasteiger partial charge in [0.25, 0.3) is 5.91 Å². The lowest BCUT2D eigenvalue weighted by atomic mass is 9.84. The molecule has 2 aromatic carbocycles. The summed E-state index contributed by atoms with van der Waals surface area (Å²) in [4.78, 5) is 28.6. The van der Waals surface area contributed by atoms with Gasteiger partial charge in [-0.3, -0.25) is 9.59 Å². The molecule has 1 aliphatic carbocycles. The molecule has 3 aliphatic rings. The number of ether oxygens (including phenoxy) is 2. The van der Waals surface area contributed by atoms with Crippen LogP contribution in [-0.4, -0.2) is 42.1 Å². The molecule has 2 aromatic rings. The number of nitrogens with one attached hydrogen (secondary N) is 1. The standard InChI is InChI=1S/C26H28ClFN2O4/c27-20-6-3-5-18(10-20)26(32)30-22-7-2-1-4-16(22)13-23(30)25(31)29-9-8-17-11-21(28)12-19-14-33-15-34-24(17)19/h3,5-6,10-12,16,22-23H,1-2,4,7-9,13-15H2,(H,29,31). The van der Waals surface area contributed by atoms with E-state index in [1.165, 1.54) is 12.1 Å². The van der Waals surface area contributed by atoms with Crippen LogP contribution >= 0.6 is 11.6 Å².